The number of amides is 1. The lowest BCUT2D eigenvalue weighted by atomic mass is 10.2. The molecule has 0 fully saturated rings. The zero-order valence-electron chi connectivity index (χ0n) is 12.0. The van der Waals surface area contributed by atoms with Crippen LogP contribution >= 0.6 is 23.2 Å². The highest BCUT2D eigenvalue weighted by molar-refractivity contribution is 6.42. The first kappa shape index (κ1) is 16.3. The minimum absolute atomic E-state index is 0.0364. The molecular formula is C15H14Cl2N4O. The third-order valence-electron chi connectivity index (χ3n) is 2.61. The maximum absolute atomic E-state index is 12.2. The van der Waals surface area contributed by atoms with Gasteiger partial charge in [0.2, 0.25) is 5.95 Å². The molecule has 7 heteroatoms. The van der Waals surface area contributed by atoms with Crippen molar-refractivity contribution in [2.24, 2.45) is 0 Å². The van der Waals surface area contributed by atoms with Crippen molar-refractivity contribution in [3.8, 4) is 0 Å². The van der Waals surface area contributed by atoms with Crippen LogP contribution in [-0.2, 0) is 0 Å². The molecule has 1 heterocycles. The maximum Gasteiger partial charge on any atom is 0.274 e. The van der Waals surface area contributed by atoms with Crippen molar-refractivity contribution in [2.45, 2.75) is 13.8 Å². The Bertz CT molecular complexity index is 755. The number of carbonyl (C=O) groups is 1. The van der Waals surface area contributed by atoms with E-state index in [1.807, 2.05) is 19.9 Å². The van der Waals surface area contributed by atoms with Gasteiger partial charge in [0.05, 0.1) is 15.7 Å². The molecule has 0 spiro atoms. The maximum atomic E-state index is 12.2. The van der Waals surface area contributed by atoms with Crippen molar-refractivity contribution in [3.05, 3.63) is 51.3 Å². The fourth-order valence-corrected chi connectivity index (χ4v) is 2.04. The molecule has 0 saturated carbocycles. The summed E-state index contributed by atoms with van der Waals surface area (Å²) in [5.74, 6) is -0.370. The molecule has 114 valence electrons. The van der Waals surface area contributed by atoms with Crippen molar-refractivity contribution in [2.75, 3.05) is 11.1 Å². The van der Waals surface area contributed by atoms with E-state index >= 15 is 0 Å². The van der Waals surface area contributed by atoms with Gasteiger partial charge in [-0.15, -0.1) is 0 Å². The molecule has 0 aliphatic rings. The number of carbonyl (C=O) groups excluding carboxylic acids is 1. The second-order valence-corrected chi connectivity index (χ2v) is 5.66. The number of nitrogens with one attached hydrogen (secondary N) is 1. The third kappa shape index (κ3) is 4.19. The van der Waals surface area contributed by atoms with Crippen molar-refractivity contribution in [3.63, 3.8) is 0 Å². The van der Waals surface area contributed by atoms with Gasteiger partial charge >= 0.3 is 0 Å². The number of nitrogen functional groups attached to an aromatic ring is 1. The van der Waals surface area contributed by atoms with Crippen molar-refractivity contribution < 1.29 is 4.79 Å². The molecular weight excluding hydrogens is 323 g/mol. The summed E-state index contributed by atoms with van der Waals surface area (Å²) >= 11 is 11.8. The summed E-state index contributed by atoms with van der Waals surface area (Å²) in [7, 11) is 0. The Labute approximate surface area is 138 Å². The van der Waals surface area contributed by atoms with E-state index in [1.165, 1.54) is 0 Å². The third-order valence-corrected chi connectivity index (χ3v) is 3.35. The second-order valence-electron chi connectivity index (χ2n) is 4.84. The summed E-state index contributed by atoms with van der Waals surface area (Å²) in [5, 5.41) is 3.45. The fraction of sp³-hybridized carbons (Fsp3) is 0.133. The van der Waals surface area contributed by atoms with Gasteiger partial charge in [0.15, 0.2) is 0 Å². The van der Waals surface area contributed by atoms with Crippen LogP contribution in [-0.4, -0.2) is 15.9 Å². The number of nitrogens with zero attached hydrogens (tertiary/aromatic N) is 2. The topological polar surface area (TPSA) is 80.9 Å². The van der Waals surface area contributed by atoms with Crippen LogP contribution in [0.15, 0.2) is 29.8 Å². The van der Waals surface area contributed by atoms with Crippen LogP contribution in [0.2, 0.25) is 10.0 Å². The monoisotopic (exact) mass is 336 g/mol. The first-order valence-electron chi connectivity index (χ1n) is 6.41. The molecule has 2 aromatic rings. The molecule has 0 saturated heterocycles. The highest BCUT2D eigenvalue weighted by Crippen LogP contribution is 2.25. The first-order valence-corrected chi connectivity index (χ1v) is 7.16. The molecule has 0 aliphatic heterocycles. The van der Waals surface area contributed by atoms with Gasteiger partial charge in [-0.1, -0.05) is 28.8 Å². The zero-order valence-corrected chi connectivity index (χ0v) is 13.5. The molecule has 0 atom stereocenters. The van der Waals surface area contributed by atoms with E-state index in [2.05, 4.69) is 15.3 Å². The van der Waals surface area contributed by atoms with Crippen LogP contribution in [0.5, 0.6) is 0 Å². The molecule has 1 aromatic carbocycles. The molecule has 22 heavy (non-hydrogen) atoms. The van der Waals surface area contributed by atoms with Gasteiger partial charge in [0.1, 0.15) is 5.69 Å². The van der Waals surface area contributed by atoms with Gasteiger partial charge in [0.25, 0.3) is 5.91 Å². The van der Waals surface area contributed by atoms with Gasteiger partial charge in [-0.2, -0.15) is 0 Å². The smallest absolute Gasteiger partial charge is 0.274 e. The predicted octanol–water partition coefficient (Wildman–Crippen LogP) is 4.04. The van der Waals surface area contributed by atoms with Crippen molar-refractivity contribution in [1.82, 2.24) is 9.97 Å². The summed E-state index contributed by atoms with van der Waals surface area (Å²) in [5.41, 5.74) is 7.94. The van der Waals surface area contributed by atoms with Crippen LogP contribution in [0.25, 0.3) is 6.08 Å². The number of hydrogen-bond donors (Lipinski definition) is 2. The first-order chi connectivity index (χ1) is 10.3. The van der Waals surface area contributed by atoms with E-state index in [0.717, 1.165) is 5.57 Å². The number of benzene rings is 1. The summed E-state index contributed by atoms with van der Waals surface area (Å²) in [6.45, 7) is 3.85. The van der Waals surface area contributed by atoms with Crippen molar-refractivity contribution in [1.29, 1.82) is 0 Å². The number of nitrogens with two attached hydrogens (primary N) is 1. The van der Waals surface area contributed by atoms with Crippen LogP contribution in [0, 0.1) is 0 Å². The molecule has 3 N–H and O–H groups in total. The van der Waals surface area contributed by atoms with Crippen LogP contribution in [0.3, 0.4) is 0 Å². The van der Waals surface area contributed by atoms with E-state index in [-0.39, 0.29) is 11.6 Å². The summed E-state index contributed by atoms with van der Waals surface area (Å²) in [4.78, 5) is 20.3. The highest BCUT2D eigenvalue weighted by Gasteiger charge is 2.11. The number of halogens is 2. The van der Waals surface area contributed by atoms with Gasteiger partial charge in [-0.05, 0) is 44.2 Å². The molecule has 0 bridgehead atoms. The molecule has 0 aliphatic carbocycles. The fourth-order valence-electron chi connectivity index (χ4n) is 1.74. The quantitative estimate of drug-likeness (QED) is 0.886. The molecule has 0 radical (unpaired) electrons. The standard InChI is InChI=1S/C15H14Cl2N4O/c1-8(2)5-10-7-13(21-15(18)20-10)14(22)19-9-3-4-11(16)12(17)6-9/h3-7H,1-2H3,(H,19,22)(H2,18,20,21). The highest BCUT2D eigenvalue weighted by atomic mass is 35.5. The Morgan fingerprint density at radius 2 is 1.91 bits per heavy atom. The molecule has 1 amide bonds. The largest absolute Gasteiger partial charge is 0.368 e. The molecule has 1 aromatic heterocycles. The minimum Gasteiger partial charge on any atom is -0.368 e. The molecule has 0 unspecified atom stereocenters. The SMILES string of the molecule is CC(C)=Cc1cc(C(=O)Nc2ccc(Cl)c(Cl)c2)nc(N)n1. The lowest BCUT2D eigenvalue weighted by Crippen LogP contribution is -2.15. The number of aromatic nitrogens is 2. The predicted molar refractivity (Wildman–Crippen MR) is 90.2 cm³/mol. The summed E-state index contributed by atoms with van der Waals surface area (Å²) < 4.78 is 0. The molecule has 5 nitrogen and oxygen atoms in total. The summed E-state index contributed by atoms with van der Waals surface area (Å²) in [6.07, 6.45) is 1.81. The number of anilines is 2. The zero-order chi connectivity index (χ0) is 16.3. The normalized spacial score (nSPS) is 10.2. The average Bonchev–Trinajstić information content (AvgIpc) is 2.41. The summed E-state index contributed by atoms with van der Waals surface area (Å²) in [6, 6.07) is 6.37. The lowest BCUT2D eigenvalue weighted by Gasteiger charge is -2.07. The Morgan fingerprint density at radius 3 is 2.55 bits per heavy atom. The van der Waals surface area contributed by atoms with Crippen LogP contribution in [0.1, 0.15) is 30.0 Å². The molecule has 2 rings (SSSR count). The Morgan fingerprint density at radius 1 is 1.18 bits per heavy atom. The van der Waals surface area contributed by atoms with Gasteiger partial charge in [-0.25, -0.2) is 9.97 Å². The lowest BCUT2D eigenvalue weighted by molar-refractivity contribution is 0.102. The van der Waals surface area contributed by atoms with E-state index in [0.29, 0.717) is 21.4 Å². The van der Waals surface area contributed by atoms with Gasteiger partial charge in [-0.3, -0.25) is 4.79 Å². The minimum atomic E-state index is -0.407. The van der Waals surface area contributed by atoms with Crippen LogP contribution in [0.4, 0.5) is 11.6 Å². The second kappa shape index (κ2) is 6.77. The average molecular weight is 337 g/mol. The Kier molecular flexibility index (Phi) is 5.00. The van der Waals surface area contributed by atoms with E-state index in [4.69, 9.17) is 28.9 Å². The van der Waals surface area contributed by atoms with E-state index < -0.39 is 5.91 Å². The number of rotatable bonds is 3. The van der Waals surface area contributed by atoms with E-state index in [9.17, 15) is 4.79 Å². The van der Waals surface area contributed by atoms with E-state index in [1.54, 1.807) is 24.3 Å². The number of hydrogen-bond acceptors (Lipinski definition) is 4. The van der Waals surface area contributed by atoms with Gasteiger partial charge < -0.3 is 11.1 Å². The van der Waals surface area contributed by atoms with Gasteiger partial charge in [0, 0.05) is 5.69 Å². The Balaban J connectivity index is 2.27. The Hall–Kier alpha value is -2.11. The number of allylic oxidation sites excluding steroid dienone is 1. The van der Waals surface area contributed by atoms with Crippen LogP contribution < -0.4 is 11.1 Å². The van der Waals surface area contributed by atoms with Crippen molar-refractivity contribution >= 4 is 46.8 Å².